The van der Waals surface area contributed by atoms with Crippen molar-refractivity contribution in [2.24, 2.45) is 5.92 Å². The predicted molar refractivity (Wildman–Crippen MR) is 43.9 cm³/mol. The highest BCUT2D eigenvalue weighted by molar-refractivity contribution is 4.46. The average molecular weight is 145 g/mol. The lowest BCUT2D eigenvalue weighted by Crippen LogP contribution is -2.29. The summed E-state index contributed by atoms with van der Waals surface area (Å²) in [5, 5.41) is 3.18. The minimum absolute atomic E-state index is 0.201. The van der Waals surface area contributed by atoms with Gasteiger partial charge in [0.25, 0.3) is 0 Å². The van der Waals surface area contributed by atoms with Crippen molar-refractivity contribution in [3.63, 3.8) is 0 Å². The monoisotopic (exact) mass is 145 g/mol. The molecule has 0 heterocycles. The molecule has 0 saturated heterocycles. The number of rotatable bonds is 5. The quantitative estimate of drug-likeness (QED) is 0.593. The molecule has 0 aromatic heterocycles. The maximum atomic E-state index is 5.43. The minimum atomic E-state index is 0.201. The Bertz CT molecular complexity index is 73.7. The van der Waals surface area contributed by atoms with Crippen molar-refractivity contribution in [2.45, 2.75) is 33.9 Å². The standard InChI is InChI=1S/C8H19NO/c1-5-9-8(4)10-6-7(2)3/h7-9H,5-6H2,1-4H3. The first kappa shape index (κ1) is 9.92. The lowest BCUT2D eigenvalue weighted by molar-refractivity contribution is 0.0276. The van der Waals surface area contributed by atoms with Crippen LogP contribution in [0, 0.1) is 5.92 Å². The maximum Gasteiger partial charge on any atom is 0.105 e. The first-order valence-corrected chi connectivity index (χ1v) is 4.01. The highest BCUT2D eigenvalue weighted by Crippen LogP contribution is 1.94. The summed E-state index contributed by atoms with van der Waals surface area (Å²) in [5.41, 5.74) is 0. The lowest BCUT2D eigenvalue weighted by atomic mass is 10.2. The van der Waals surface area contributed by atoms with Crippen LogP contribution in [-0.2, 0) is 4.74 Å². The molecule has 0 aliphatic rings. The minimum Gasteiger partial charge on any atom is -0.363 e. The van der Waals surface area contributed by atoms with Gasteiger partial charge in [0.05, 0.1) is 6.61 Å². The molecule has 2 heteroatoms. The van der Waals surface area contributed by atoms with E-state index in [1.165, 1.54) is 0 Å². The molecule has 1 unspecified atom stereocenters. The second kappa shape index (κ2) is 5.69. The van der Waals surface area contributed by atoms with Crippen LogP contribution in [0.5, 0.6) is 0 Å². The van der Waals surface area contributed by atoms with Crippen molar-refractivity contribution < 1.29 is 4.74 Å². The second-order valence-electron chi connectivity index (χ2n) is 2.93. The Kier molecular flexibility index (Phi) is 5.64. The van der Waals surface area contributed by atoms with Gasteiger partial charge in [-0.05, 0) is 19.4 Å². The van der Waals surface area contributed by atoms with Crippen molar-refractivity contribution in [3.05, 3.63) is 0 Å². The summed E-state index contributed by atoms with van der Waals surface area (Å²) in [4.78, 5) is 0. The molecule has 0 aliphatic carbocycles. The van der Waals surface area contributed by atoms with Crippen molar-refractivity contribution in [1.82, 2.24) is 5.32 Å². The molecule has 0 amide bonds. The van der Waals surface area contributed by atoms with Gasteiger partial charge < -0.3 is 4.74 Å². The Hall–Kier alpha value is -0.0800. The van der Waals surface area contributed by atoms with Crippen LogP contribution in [0.2, 0.25) is 0 Å². The van der Waals surface area contributed by atoms with E-state index in [4.69, 9.17) is 4.74 Å². The van der Waals surface area contributed by atoms with Gasteiger partial charge in [0.15, 0.2) is 0 Å². The fourth-order valence-corrected chi connectivity index (χ4v) is 0.683. The number of ether oxygens (including phenoxy) is 1. The van der Waals surface area contributed by atoms with E-state index in [1.54, 1.807) is 0 Å². The van der Waals surface area contributed by atoms with Crippen LogP contribution < -0.4 is 5.32 Å². The third-order valence-corrected chi connectivity index (χ3v) is 1.17. The van der Waals surface area contributed by atoms with Crippen molar-refractivity contribution in [1.29, 1.82) is 0 Å². The van der Waals surface area contributed by atoms with Crippen molar-refractivity contribution >= 4 is 0 Å². The van der Waals surface area contributed by atoms with E-state index in [0.29, 0.717) is 5.92 Å². The van der Waals surface area contributed by atoms with E-state index in [0.717, 1.165) is 13.2 Å². The van der Waals surface area contributed by atoms with Crippen molar-refractivity contribution in [3.8, 4) is 0 Å². The Morgan fingerprint density at radius 2 is 1.90 bits per heavy atom. The van der Waals surface area contributed by atoms with Gasteiger partial charge in [-0.1, -0.05) is 20.8 Å². The number of nitrogens with one attached hydrogen (secondary N) is 1. The van der Waals surface area contributed by atoms with Crippen molar-refractivity contribution in [2.75, 3.05) is 13.2 Å². The Labute approximate surface area is 64.0 Å². The Balaban J connectivity index is 3.12. The second-order valence-corrected chi connectivity index (χ2v) is 2.93. The molecule has 0 rings (SSSR count). The third kappa shape index (κ3) is 6.05. The number of hydrogen-bond donors (Lipinski definition) is 1. The smallest absolute Gasteiger partial charge is 0.105 e. The van der Waals surface area contributed by atoms with Crippen LogP contribution in [0.15, 0.2) is 0 Å². The fraction of sp³-hybridized carbons (Fsp3) is 1.00. The van der Waals surface area contributed by atoms with Gasteiger partial charge >= 0.3 is 0 Å². The summed E-state index contributed by atoms with van der Waals surface area (Å²) in [5.74, 6) is 0.626. The van der Waals surface area contributed by atoms with E-state index < -0.39 is 0 Å². The number of hydrogen-bond acceptors (Lipinski definition) is 2. The summed E-state index contributed by atoms with van der Waals surface area (Å²) in [6.45, 7) is 10.2. The fourth-order valence-electron chi connectivity index (χ4n) is 0.683. The highest BCUT2D eigenvalue weighted by atomic mass is 16.5. The molecule has 62 valence electrons. The van der Waals surface area contributed by atoms with E-state index in [-0.39, 0.29) is 6.23 Å². The van der Waals surface area contributed by atoms with Gasteiger partial charge in [-0.3, -0.25) is 5.32 Å². The van der Waals surface area contributed by atoms with Crippen LogP contribution in [0.25, 0.3) is 0 Å². The molecule has 2 nitrogen and oxygen atoms in total. The molecular weight excluding hydrogens is 126 g/mol. The largest absolute Gasteiger partial charge is 0.363 e. The first-order valence-electron chi connectivity index (χ1n) is 4.01. The van der Waals surface area contributed by atoms with Crippen LogP contribution in [-0.4, -0.2) is 19.4 Å². The SMILES string of the molecule is CCNC(C)OCC(C)C. The zero-order valence-electron chi connectivity index (χ0n) is 7.48. The normalized spacial score (nSPS) is 14.1. The third-order valence-electron chi connectivity index (χ3n) is 1.17. The summed E-state index contributed by atoms with van der Waals surface area (Å²) in [7, 11) is 0. The van der Waals surface area contributed by atoms with E-state index in [2.05, 4.69) is 26.1 Å². The lowest BCUT2D eigenvalue weighted by Gasteiger charge is -2.14. The predicted octanol–water partition coefficient (Wildman–Crippen LogP) is 1.61. The molecule has 0 fully saturated rings. The molecule has 0 spiro atoms. The molecule has 0 aliphatic heterocycles. The summed E-state index contributed by atoms with van der Waals surface area (Å²) in [6, 6.07) is 0. The molecule has 1 N–H and O–H groups in total. The van der Waals surface area contributed by atoms with Gasteiger partial charge in [-0.25, -0.2) is 0 Å². The van der Waals surface area contributed by atoms with Crippen LogP contribution in [0.1, 0.15) is 27.7 Å². The summed E-state index contributed by atoms with van der Waals surface area (Å²) < 4.78 is 5.43. The first-order chi connectivity index (χ1) is 4.66. The van der Waals surface area contributed by atoms with Gasteiger partial charge in [-0.15, -0.1) is 0 Å². The molecule has 0 saturated carbocycles. The average Bonchev–Trinajstić information content (AvgIpc) is 1.85. The Morgan fingerprint density at radius 3 is 2.30 bits per heavy atom. The molecule has 1 atom stereocenters. The van der Waals surface area contributed by atoms with E-state index in [1.807, 2.05) is 6.92 Å². The molecule has 0 bridgehead atoms. The molecular formula is C8H19NO. The zero-order valence-corrected chi connectivity index (χ0v) is 7.48. The molecule has 0 aromatic carbocycles. The maximum absolute atomic E-state index is 5.43. The van der Waals surface area contributed by atoms with E-state index >= 15 is 0 Å². The topological polar surface area (TPSA) is 21.3 Å². The summed E-state index contributed by atoms with van der Waals surface area (Å²) >= 11 is 0. The molecule has 10 heavy (non-hydrogen) atoms. The van der Waals surface area contributed by atoms with Gasteiger partial charge in [-0.2, -0.15) is 0 Å². The summed E-state index contributed by atoms with van der Waals surface area (Å²) in [6.07, 6.45) is 0.201. The highest BCUT2D eigenvalue weighted by Gasteiger charge is 1.99. The van der Waals surface area contributed by atoms with Crippen LogP contribution in [0.3, 0.4) is 0 Å². The van der Waals surface area contributed by atoms with Gasteiger partial charge in [0.1, 0.15) is 6.23 Å². The molecule has 0 aromatic rings. The van der Waals surface area contributed by atoms with Gasteiger partial charge in [0, 0.05) is 0 Å². The Morgan fingerprint density at radius 1 is 1.30 bits per heavy atom. The van der Waals surface area contributed by atoms with E-state index in [9.17, 15) is 0 Å². The van der Waals surface area contributed by atoms with Crippen LogP contribution in [0.4, 0.5) is 0 Å². The van der Waals surface area contributed by atoms with Gasteiger partial charge in [0.2, 0.25) is 0 Å². The molecule has 0 radical (unpaired) electrons. The van der Waals surface area contributed by atoms with Crippen LogP contribution >= 0.6 is 0 Å². The zero-order chi connectivity index (χ0) is 7.98.